The molecular weight excluding hydrogens is 435 g/mol. The van der Waals surface area contributed by atoms with E-state index >= 15 is 0 Å². The first kappa shape index (κ1) is 16.2. The molecule has 0 unspecified atom stereocenters. The molecule has 0 atom stereocenters. The van der Waals surface area contributed by atoms with E-state index in [-0.39, 0.29) is 5.91 Å². The van der Waals surface area contributed by atoms with Gasteiger partial charge in [-0.25, -0.2) is 0 Å². The predicted molar refractivity (Wildman–Crippen MR) is 91.0 cm³/mol. The number of hydrogen-bond acceptors (Lipinski definition) is 3. The van der Waals surface area contributed by atoms with Crippen LogP contribution in [0.5, 0.6) is 0 Å². The molecule has 1 aromatic carbocycles. The molecule has 4 nitrogen and oxygen atoms in total. The van der Waals surface area contributed by atoms with Crippen LogP contribution in [0.15, 0.2) is 22.7 Å². The lowest BCUT2D eigenvalue weighted by molar-refractivity contribution is 0.0343. The van der Waals surface area contributed by atoms with Crippen LogP contribution in [0.3, 0.4) is 0 Å². The van der Waals surface area contributed by atoms with E-state index in [1.807, 2.05) is 18.2 Å². The van der Waals surface area contributed by atoms with Crippen molar-refractivity contribution < 1.29 is 9.53 Å². The summed E-state index contributed by atoms with van der Waals surface area (Å²) < 4.78 is 7.61. The second kappa shape index (κ2) is 8.31. The van der Waals surface area contributed by atoms with Crippen LogP contribution in [0.4, 0.5) is 0 Å². The second-order valence-corrected chi connectivity index (χ2v) is 6.80. The number of ether oxygens (including phenoxy) is 1. The van der Waals surface area contributed by atoms with E-state index in [2.05, 4.69) is 49.2 Å². The van der Waals surface area contributed by atoms with Gasteiger partial charge in [-0.1, -0.05) is 0 Å². The Morgan fingerprint density at radius 2 is 2.20 bits per heavy atom. The molecular formula is C14H18BrIN2O2. The summed E-state index contributed by atoms with van der Waals surface area (Å²) in [5.41, 5.74) is 0.666. The molecule has 1 aliphatic rings. The van der Waals surface area contributed by atoms with Crippen molar-refractivity contribution in [2.45, 2.75) is 18.9 Å². The largest absolute Gasteiger partial charge is 0.376 e. The van der Waals surface area contributed by atoms with Crippen molar-refractivity contribution in [3.8, 4) is 0 Å². The fourth-order valence-corrected chi connectivity index (χ4v) is 3.04. The average molecular weight is 453 g/mol. The maximum absolute atomic E-state index is 12.1. The van der Waals surface area contributed by atoms with Gasteiger partial charge in [0.1, 0.15) is 0 Å². The number of rotatable bonds is 5. The van der Waals surface area contributed by atoms with Crippen LogP contribution in [0.25, 0.3) is 0 Å². The molecule has 0 bridgehead atoms. The van der Waals surface area contributed by atoms with E-state index in [9.17, 15) is 4.79 Å². The van der Waals surface area contributed by atoms with Gasteiger partial charge in [0.2, 0.25) is 0 Å². The van der Waals surface area contributed by atoms with Crippen molar-refractivity contribution in [2.24, 2.45) is 0 Å². The van der Waals surface area contributed by atoms with Gasteiger partial charge < -0.3 is 15.4 Å². The lowest BCUT2D eigenvalue weighted by atomic mass is 10.1. The summed E-state index contributed by atoms with van der Waals surface area (Å²) in [6, 6.07) is 5.72. The minimum atomic E-state index is -0.0655. The van der Waals surface area contributed by atoms with E-state index < -0.39 is 0 Å². The first-order valence-electron chi connectivity index (χ1n) is 6.72. The first-order chi connectivity index (χ1) is 9.66. The predicted octanol–water partition coefficient (Wildman–Crippen LogP) is 2.55. The quantitative estimate of drug-likeness (QED) is 0.533. The molecule has 1 fully saturated rings. The van der Waals surface area contributed by atoms with Gasteiger partial charge in [-0.05, 0) is 82.7 Å². The van der Waals surface area contributed by atoms with E-state index in [0.717, 1.165) is 34.0 Å². The third-order valence-corrected chi connectivity index (χ3v) is 4.56. The molecule has 0 aliphatic carbocycles. The van der Waals surface area contributed by atoms with E-state index in [1.54, 1.807) is 0 Å². The zero-order chi connectivity index (χ0) is 14.4. The average Bonchev–Trinajstić information content (AvgIpc) is 2.47. The normalized spacial score (nSPS) is 16.1. The molecule has 0 saturated carbocycles. The number of carbonyl (C=O) groups is 1. The number of piperidine rings is 1. The molecule has 1 saturated heterocycles. The SMILES string of the molecule is O=C(NCCOC1CCNCC1)c1cc(I)ccc1Br. The summed E-state index contributed by atoms with van der Waals surface area (Å²) in [7, 11) is 0. The number of halogens is 2. The summed E-state index contributed by atoms with van der Waals surface area (Å²) in [5.74, 6) is -0.0655. The van der Waals surface area contributed by atoms with Gasteiger partial charge in [0.25, 0.3) is 5.91 Å². The number of carbonyl (C=O) groups excluding carboxylic acids is 1. The summed E-state index contributed by atoms with van der Waals surface area (Å²) in [4.78, 5) is 12.1. The fraction of sp³-hybridized carbons (Fsp3) is 0.500. The van der Waals surface area contributed by atoms with Gasteiger partial charge in [0, 0.05) is 14.6 Å². The highest BCUT2D eigenvalue weighted by atomic mass is 127. The van der Waals surface area contributed by atoms with E-state index in [0.29, 0.717) is 24.8 Å². The molecule has 6 heteroatoms. The Kier molecular flexibility index (Phi) is 6.73. The number of benzene rings is 1. The van der Waals surface area contributed by atoms with Gasteiger partial charge in [0.05, 0.1) is 18.3 Å². The molecule has 1 aliphatic heterocycles. The molecule has 1 aromatic rings. The van der Waals surface area contributed by atoms with Crippen molar-refractivity contribution in [1.82, 2.24) is 10.6 Å². The van der Waals surface area contributed by atoms with Crippen molar-refractivity contribution in [3.63, 3.8) is 0 Å². The Balaban J connectivity index is 1.73. The van der Waals surface area contributed by atoms with Gasteiger partial charge in [-0.15, -0.1) is 0 Å². The van der Waals surface area contributed by atoms with E-state index in [1.165, 1.54) is 0 Å². The third-order valence-electron chi connectivity index (χ3n) is 3.20. The number of nitrogens with one attached hydrogen (secondary N) is 2. The van der Waals surface area contributed by atoms with Gasteiger partial charge in [0.15, 0.2) is 0 Å². The smallest absolute Gasteiger partial charge is 0.252 e. The van der Waals surface area contributed by atoms with Crippen LogP contribution < -0.4 is 10.6 Å². The number of amides is 1. The molecule has 0 spiro atoms. The molecule has 2 rings (SSSR count). The molecule has 1 heterocycles. The maximum Gasteiger partial charge on any atom is 0.252 e. The third kappa shape index (κ3) is 4.98. The van der Waals surface area contributed by atoms with Crippen LogP contribution >= 0.6 is 38.5 Å². The first-order valence-corrected chi connectivity index (χ1v) is 8.59. The van der Waals surface area contributed by atoms with Crippen molar-refractivity contribution in [2.75, 3.05) is 26.2 Å². The Morgan fingerprint density at radius 3 is 2.95 bits per heavy atom. The molecule has 0 aromatic heterocycles. The molecule has 0 radical (unpaired) electrons. The standard InChI is InChI=1S/C14H18BrIN2O2/c15-13-2-1-10(16)9-12(13)14(19)18-7-8-20-11-3-5-17-6-4-11/h1-2,9,11,17H,3-8H2,(H,18,19). The summed E-state index contributed by atoms with van der Waals surface area (Å²) >= 11 is 5.60. The van der Waals surface area contributed by atoms with Crippen LogP contribution in [0, 0.1) is 3.57 Å². The zero-order valence-electron chi connectivity index (χ0n) is 11.1. The van der Waals surface area contributed by atoms with Crippen LogP contribution in [-0.4, -0.2) is 38.3 Å². The topological polar surface area (TPSA) is 50.4 Å². The van der Waals surface area contributed by atoms with Crippen molar-refractivity contribution in [1.29, 1.82) is 0 Å². The monoisotopic (exact) mass is 452 g/mol. The van der Waals surface area contributed by atoms with Crippen LogP contribution in [-0.2, 0) is 4.74 Å². The molecule has 110 valence electrons. The maximum atomic E-state index is 12.1. The molecule has 20 heavy (non-hydrogen) atoms. The van der Waals surface area contributed by atoms with Gasteiger partial charge >= 0.3 is 0 Å². The van der Waals surface area contributed by atoms with Gasteiger partial charge in [-0.2, -0.15) is 0 Å². The van der Waals surface area contributed by atoms with E-state index in [4.69, 9.17) is 4.74 Å². The lowest BCUT2D eigenvalue weighted by Gasteiger charge is -2.22. The summed E-state index contributed by atoms with van der Waals surface area (Å²) in [6.45, 7) is 3.15. The minimum Gasteiger partial charge on any atom is -0.376 e. The highest BCUT2D eigenvalue weighted by Gasteiger charge is 2.13. The van der Waals surface area contributed by atoms with Crippen molar-refractivity contribution in [3.05, 3.63) is 31.8 Å². The van der Waals surface area contributed by atoms with Crippen LogP contribution in [0.1, 0.15) is 23.2 Å². The van der Waals surface area contributed by atoms with Crippen LogP contribution in [0.2, 0.25) is 0 Å². The summed E-state index contributed by atoms with van der Waals surface area (Å²) in [6.07, 6.45) is 2.43. The fourth-order valence-electron chi connectivity index (χ4n) is 2.12. The highest BCUT2D eigenvalue weighted by Crippen LogP contribution is 2.19. The minimum absolute atomic E-state index is 0.0655. The second-order valence-electron chi connectivity index (χ2n) is 4.70. The highest BCUT2D eigenvalue weighted by molar-refractivity contribution is 14.1. The molecule has 2 N–H and O–H groups in total. The number of hydrogen-bond donors (Lipinski definition) is 2. The summed E-state index contributed by atoms with van der Waals surface area (Å²) in [5, 5.41) is 6.19. The Morgan fingerprint density at radius 1 is 1.45 bits per heavy atom. The Labute approximate surface area is 141 Å². The molecule has 1 amide bonds. The zero-order valence-corrected chi connectivity index (χ0v) is 14.9. The lowest BCUT2D eigenvalue weighted by Crippen LogP contribution is -2.34. The Hall–Kier alpha value is -0.180. The van der Waals surface area contributed by atoms with Crippen molar-refractivity contribution >= 4 is 44.4 Å². The Bertz CT molecular complexity index is 464. The van der Waals surface area contributed by atoms with Gasteiger partial charge in [-0.3, -0.25) is 4.79 Å².